The lowest BCUT2D eigenvalue weighted by molar-refractivity contribution is -0.104. The van der Waals surface area contributed by atoms with Gasteiger partial charge < -0.3 is 4.42 Å². The average molecular weight is 174 g/mol. The molecule has 0 bridgehead atoms. The molecule has 0 fully saturated rings. The van der Waals surface area contributed by atoms with E-state index in [2.05, 4.69) is 0 Å². The lowest BCUT2D eigenvalue weighted by Gasteiger charge is -1.92. The van der Waals surface area contributed by atoms with E-state index in [9.17, 15) is 9.59 Å². The molecule has 0 aliphatic rings. The van der Waals surface area contributed by atoms with E-state index in [1.165, 1.54) is 0 Å². The molecule has 0 saturated heterocycles. The number of benzene rings is 1. The van der Waals surface area contributed by atoms with Crippen LogP contribution in [0.3, 0.4) is 0 Å². The maximum Gasteiger partial charge on any atom is 0.225 e. The van der Waals surface area contributed by atoms with Crippen LogP contribution < -0.4 is 0 Å². The summed E-state index contributed by atoms with van der Waals surface area (Å²) in [6.45, 7) is 0. The van der Waals surface area contributed by atoms with Gasteiger partial charge in [0.05, 0.1) is 6.26 Å². The van der Waals surface area contributed by atoms with Crippen LogP contribution in [0, 0.1) is 0 Å². The van der Waals surface area contributed by atoms with Crippen LogP contribution in [0.1, 0.15) is 10.4 Å². The van der Waals surface area contributed by atoms with Crippen LogP contribution in [0.25, 0.3) is 11.0 Å². The van der Waals surface area contributed by atoms with Crippen LogP contribution >= 0.6 is 0 Å². The molecule has 3 nitrogen and oxygen atoms in total. The largest absolute Gasteiger partial charge is 0.464 e. The highest BCUT2D eigenvalue weighted by molar-refractivity contribution is 6.33. The van der Waals surface area contributed by atoms with Gasteiger partial charge in [0.25, 0.3) is 0 Å². The summed E-state index contributed by atoms with van der Waals surface area (Å²) >= 11 is 0. The molecule has 1 heterocycles. The molecule has 0 atom stereocenters. The Balaban J connectivity index is 2.60. The summed E-state index contributed by atoms with van der Waals surface area (Å²) < 4.78 is 5.09. The van der Waals surface area contributed by atoms with Crippen molar-refractivity contribution in [1.29, 1.82) is 0 Å². The highest BCUT2D eigenvalue weighted by Crippen LogP contribution is 2.16. The van der Waals surface area contributed by atoms with Gasteiger partial charge in [-0.15, -0.1) is 0 Å². The predicted octanol–water partition coefficient (Wildman–Crippen LogP) is 1.81. The van der Waals surface area contributed by atoms with E-state index in [-0.39, 0.29) is 0 Å². The number of carbonyl (C=O) groups excluding carboxylic acids is 2. The molecule has 0 spiro atoms. The molecule has 3 heteroatoms. The Kier molecular flexibility index (Phi) is 1.70. The second kappa shape index (κ2) is 2.86. The van der Waals surface area contributed by atoms with E-state index < -0.39 is 5.78 Å². The molecular formula is C10H6O3. The fraction of sp³-hybridized carbons (Fsp3) is 0. The van der Waals surface area contributed by atoms with Crippen molar-refractivity contribution in [2.75, 3.05) is 0 Å². The Hall–Kier alpha value is -1.90. The van der Waals surface area contributed by atoms with Crippen LogP contribution in [0.15, 0.2) is 34.9 Å². The zero-order valence-electron chi connectivity index (χ0n) is 6.69. The number of ketones is 1. The minimum absolute atomic E-state index is 0.307. The van der Waals surface area contributed by atoms with Crippen molar-refractivity contribution < 1.29 is 14.0 Å². The van der Waals surface area contributed by atoms with Gasteiger partial charge in [0.1, 0.15) is 5.58 Å². The van der Waals surface area contributed by atoms with Crippen molar-refractivity contribution in [2.45, 2.75) is 0 Å². The summed E-state index contributed by atoms with van der Waals surface area (Å²) in [6, 6.07) is 6.63. The molecule has 0 radical (unpaired) electrons. The molecule has 1 aromatic heterocycles. The summed E-state index contributed by atoms with van der Waals surface area (Å²) in [5, 5.41) is 0.827. The topological polar surface area (TPSA) is 47.3 Å². The summed E-state index contributed by atoms with van der Waals surface area (Å²) in [5.41, 5.74) is 1.10. The third kappa shape index (κ3) is 1.24. The summed E-state index contributed by atoms with van der Waals surface area (Å²) in [5.74, 6) is -0.511. The Bertz CT molecular complexity index is 468. The smallest absolute Gasteiger partial charge is 0.225 e. The van der Waals surface area contributed by atoms with Crippen LogP contribution in [0.4, 0.5) is 0 Å². The molecule has 0 unspecified atom stereocenters. The van der Waals surface area contributed by atoms with Crippen molar-refractivity contribution in [3.63, 3.8) is 0 Å². The van der Waals surface area contributed by atoms with Crippen molar-refractivity contribution in [3.05, 3.63) is 36.1 Å². The molecule has 1 aromatic carbocycles. The number of furan rings is 1. The van der Waals surface area contributed by atoms with E-state index in [0.29, 0.717) is 17.4 Å². The van der Waals surface area contributed by atoms with Crippen LogP contribution in [-0.2, 0) is 4.79 Å². The lowest BCUT2D eigenvalue weighted by Crippen LogP contribution is -1.98. The van der Waals surface area contributed by atoms with E-state index >= 15 is 0 Å². The molecular weight excluding hydrogens is 168 g/mol. The Labute approximate surface area is 74.0 Å². The van der Waals surface area contributed by atoms with Gasteiger partial charge in [-0.1, -0.05) is 0 Å². The number of carbonyl (C=O) groups is 2. The SMILES string of the molecule is O=CC(=O)c1ccc2occc2c1. The number of aldehydes is 1. The van der Waals surface area contributed by atoms with Gasteiger partial charge in [-0.05, 0) is 24.3 Å². The fourth-order valence-corrected chi connectivity index (χ4v) is 1.19. The fourth-order valence-electron chi connectivity index (χ4n) is 1.19. The minimum atomic E-state index is -0.511. The first-order valence-electron chi connectivity index (χ1n) is 3.78. The van der Waals surface area contributed by atoms with Crippen LogP contribution in [-0.4, -0.2) is 12.1 Å². The monoisotopic (exact) mass is 174 g/mol. The van der Waals surface area contributed by atoms with E-state index in [1.54, 1.807) is 30.5 Å². The first kappa shape index (κ1) is 7.73. The number of hydrogen-bond acceptors (Lipinski definition) is 3. The third-order valence-corrected chi connectivity index (χ3v) is 1.84. The van der Waals surface area contributed by atoms with Gasteiger partial charge in [0.2, 0.25) is 5.78 Å². The maximum absolute atomic E-state index is 11.0. The molecule has 0 aliphatic carbocycles. The first-order valence-corrected chi connectivity index (χ1v) is 3.78. The van der Waals surface area contributed by atoms with Crippen molar-refractivity contribution in [1.82, 2.24) is 0 Å². The van der Waals surface area contributed by atoms with Crippen molar-refractivity contribution in [2.24, 2.45) is 0 Å². The quantitative estimate of drug-likeness (QED) is 0.396. The maximum atomic E-state index is 11.0. The molecule has 13 heavy (non-hydrogen) atoms. The molecule has 0 amide bonds. The van der Waals surface area contributed by atoms with Gasteiger partial charge in [-0.25, -0.2) is 0 Å². The molecule has 2 aromatic rings. The lowest BCUT2D eigenvalue weighted by atomic mass is 10.1. The van der Waals surface area contributed by atoms with Gasteiger partial charge in [0.15, 0.2) is 6.29 Å². The normalized spacial score (nSPS) is 10.2. The van der Waals surface area contributed by atoms with Crippen molar-refractivity contribution in [3.8, 4) is 0 Å². The van der Waals surface area contributed by atoms with E-state index in [0.717, 1.165) is 5.39 Å². The second-order valence-corrected chi connectivity index (χ2v) is 2.66. The van der Waals surface area contributed by atoms with Crippen LogP contribution in [0.5, 0.6) is 0 Å². The Morgan fingerprint density at radius 2 is 2.15 bits per heavy atom. The first-order chi connectivity index (χ1) is 6.31. The highest BCUT2D eigenvalue weighted by Gasteiger charge is 2.05. The Morgan fingerprint density at radius 3 is 2.92 bits per heavy atom. The molecule has 2 rings (SSSR count). The van der Waals surface area contributed by atoms with Gasteiger partial charge in [-0.3, -0.25) is 9.59 Å². The van der Waals surface area contributed by atoms with Gasteiger partial charge >= 0.3 is 0 Å². The second-order valence-electron chi connectivity index (χ2n) is 2.66. The summed E-state index contributed by atoms with van der Waals surface area (Å²) in [7, 11) is 0. The number of hydrogen-bond donors (Lipinski definition) is 0. The minimum Gasteiger partial charge on any atom is -0.464 e. The third-order valence-electron chi connectivity index (χ3n) is 1.84. The highest BCUT2D eigenvalue weighted by atomic mass is 16.3. The summed E-state index contributed by atoms with van der Waals surface area (Å²) in [4.78, 5) is 21.2. The molecule has 0 saturated carbocycles. The van der Waals surface area contributed by atoms with E-state index in [1.807, 2.05) is 0 Å². The Morgan fingerprint density at radius 1 is 1.31 bits per heavy atom. The van der Waals surface area contributed by atoms with Crippen molar-refractivity contribution >= 4 is 23.0 Å². The predicted molar refractivity (Wildman–Crippen MR) is 46.6 cm³/mol. The summed E-state index contributed by atoms with van der Waals surface area (Å²) in [6.07, 6.45) is 1.85. The van der Waals surface area contributed by atoms with Gasteiger partial charge in [0, 0.05) is 10.9 Å². The molecule has 0 aliphatic heterocycles. The number of fused-ring (bicyclic) bond motifs is 1. The standard InChI is InChI=1S/C10H6O3/c11-6-9(12)7-1-2-10-8(5-7)3-4-13-10/h1-6H. The molecule has 64 valence electrons. The zero-order chi connectivity index (χ0) is 9.26. The number of Topliss-reactive ketones (excluding diaryl/α,β-unsaturated/α-hetero) is 1. The average Bonchev–Trinajstić information content (AvgIpc) is 2.63. The number of rotatable bonds is 2. The van der Waals surface area contributed by atoms with Gasteiger partial charge in [-0.2, -0.15) is 0 Å². The van der Waals surface area contributed by atoms with Crippen LogP contribution in [0.2, 0.25) is 0 Å². The zero-order valence-corrected chi connectivity index (χ0v) is 6.69. The van der Waals surface area contributed by atoms with E-state index in [4.69, 9.17) is 4.42 Å². The molecule has 0 N–H and O–H groups in total.